The van der Waals surface area contributed by atoms with Gasteiger partial charge in [0.05, 0.1) is 11.4 Å². The maximum absolute atomic E-state index is 12.9. The summed E-state index contributed by atoms with van der Waals surface area (Å²) in [5.41, 5.74) is 3.15. The maximum Gasteiger partial charge on any atom is 0.123 e. The topological polar surface area (TPSA) is 29.9 Å². The lowest BCUT2D eigenvalue weighted by Gasteiger charge is -2.00. The van der Waals surface area contributed by atoms with Crippen molar-refractivity contribution < 1.29 is 4.39 Å². The third-order valence-corrected chi connectivity index (χ3v) is 3.43. The molecule has 1 aromatic carbocycles. The number of rotatable bonds is 7. The monoisotopic (exact) mass is 275 g/mol. The highest BCUT2D eigenvalue weighted by Gasteiger charge is 2.07. The molecule has 1 heterocycles. The zero-order valence-corrected chi connectivity index (χ0v) is 12.2. The van der Waals surface area contributed by atoms with Crippen molar-refractivity contribution in [2.24, 2.45) is 7.05 Å². The molecule has 0 bridgehead atoms. The highest BCUT2D eigenvalue weighted by Crippen LogP contribution is 2.21. The molecule has 0 aliphatic carbocycles. The maximum atomic E-state index is 12.9. The lowest BCUT2D eigenvalue weighted by molar-refractivity contribution is 0.627. The van der Waals surface area contributed by atoms with Gasteiger partial charge in [0.1, 0.15) is 5.82 Å². The van der Waals surface area contributed by atoms with Crippen LogP contribution in [-0.4, -0.2) is 23.4 Å². The summed E-state index contributed by atoms with van der Waals surface area (Å²) in [6.45, 7) is 1.07. The van der Waals surface area contributed by atoms with Crippen molar-refractivity contribution in [3.63, 3.8) is 0 Å². The molecule has 0 atom stereocenters. The van der Waals surface area contributed by atoms with E-state index in [9.17, 15) is 4.39 Å². The predicted molar refractivity (Wildman–Crippen MR) is 80.1 cm³/mol. The first-order chi connectivity index (χ1) is 9.70. The molecule has 4 heteroatoms. The Kier molecular flexibility index (Phi) is 5.30. The van der Waals surface area contributed by atoms with Gasteiger partial charge in [-0.05, 0) is 68.8 Å². The fraction of sp³-hybridized carbons (Fsp3) is 0.438. The van der Waals surface area contributed by atoms with Crippen molar-refractivity contribution in [2.45, 2.75) is 25.7 Å². The average Bonchev–Trinajstić information content (AvgIpc) is 2.81. The Morgan fingerprint density at radius 2 is 1.90 bits per heavy atom. The summed E-state index contributed by atoms with van der Waals surface area (Å²) in [5, 5.41) is 7.69. The van der Waals surface area contributed by atoms with Crippen LogP contribution in [0.15, 0.2) is 30.3 Å². The molecule has 3 nitrogen and oxygen atoms in total. The molecular formula is C16H22FN3. The van der Waals surface area contributed by atoms with Crippen molar-refractivity contribution in [3.05, 3.63) is 41.8 Å². The van der Waals surface area contributed by atoms with Crippen LogP contribution in [0.3, 0.4) is 0 Å². The molecule has 0 unspecified atom stereocenters. The molecule has 0 aliphatic heterocycles. The fourth-order valence-corrected chi connectivity index (χ4v) is 2.32. The second kappa shape index (κ2) is 7.20. The van der Waals surface area contributed by atoms with E-state index in [4.69, 9.17) is 0 Å². The van der Waals surface area contributed by atoms with E-state index >= 15 is 0 Å². The minimum Gasteiger partial charge on any atom is -0.320 e. The van der Waals surface area contributed by atoms with Gasteiger partial charge >= 0.3 is 0 Å². The van der Waals surface area contributed by atoms with Crippen molar-refractivity contribution >= 4 is 0 Å². The summed E-state index contributed by atoms with van der Waals surface area (Å²) in [5.74, 6) is -0.208. The lowest BCUT2D eigenvalue weighted by atomic mass is 10.1. The minimum atomic E-state index is -0.208. The summed E-state index contributed by atoms with van der Waals surface area (Å²) in [4.78, 5) is 0. The Morgan fingerprint density at radius 1 is 1.15 bits per heavy atom. The van der Waals surface area contributed by atoms with Crippen LogP contribution in [0.25, 0.3) is 11.3 Å². The number of benzene rings is 1. The van der Waals surface area contributed by atoms with Gasteiger partial charge in [-0.3, -0.25) is 4.68 Å². The van der Waals surface area contributed by atoms with Crippen LogP contribution < -0.4 is 5.32 Å². The molecule has 1 aromatic heterocycles. The van der Waals surface area contributed by atoms with E-state index in [1.165, 1.54) is 25.0 Å². The van der Waals surface area contributed by atoms with Crippen molar-refractivity contribution in [3.8, 4) is 11.3 Å². The van der Waals surface area contributed by atoms with Crippen LogP contribution >= 0.6 is 0 Å². The average molecular weight is 275 g/mol. The number of unbranched alkanes of at least 4 members (excludes halogenated alkanes) is 2. The Balaban J connectivity index is 1.97. The molecule has 2 rings (SSSR count). The summed E-state index contributed by atoms with van der Waals surface area (Å²) in [6, 6.07) is 8.66. The summed E-state index contributed by atoms with van der Waals surface area (Å²) in [6.07, 6.45) is 4.57. The first-order valence-electron chi connectivity index (χ1n) is 7.14. The molecule has 0 spiro atoms. The van der Waals surface area contributed by atoms with Crippen LogP contribution in [0.2, 0.25) is 0 Å². The molecular weight excluding hydrogens is 253 g/mol. The number of hydrogen-bond acceptors (Lipinski definition) is 2. The molecule has 0 saturated carbocycles. The van der Waals surface area contributed by atoms with Gasteiger partial charge < -0.3 is 5.32 Å². The third kappa shape index (κ3) is 3.90. The largest absolute Gasteiger partial charge is 0.320 e. The van der Waals surface area contributed by atoms with E-state index in [2.05, 4.69) is 16.5 Å². The first-order valence-corrected chi connectivity index (χ1v) is 7.14. The van der Waals surface area contributed by atoms with Gasteiger partial charge in [0.15, 0.2) is 0 Å². The van der Waals surface area contributed by atoms with Gasteiger partial charge in [-0.1, -0.05) is 6.42 Å². The second-order valence-electron chi connectivity index (χ2n) is 5.07. The number of aromatic nitrogens is 2. The summed E-state index contributed by atoms with van der Waals surface area (Å²) in [7, 11) is 3.91. The Labute approximate surface area is 119 Å². The van der Waals surface area contributed by atoms with E-state index in [-0.39, 0.29) is 5.82 Å². The van der Waals surface area contributed by atoms with Gasteiger partial charge in [-0.15, -0.1) is 0 Å². The highest BCUT2D eigenvalue weighted by atomic mass is 19.1. The van der Waals surface area contributed by atoms with Crippen molar-refractivity contribution in [1.29, 1.82) is 0 Å². The number of hydrogen-bond donors (Lipinski definition) is 1. The standard InChI is InChI=1S/C16H22FN3/c1-18-11-5-3-4-6-15-12-16(20(2)19-15)13-7-9-14(17)10-8-13/h7-10,12,18H,3-6,11H2,1-2H3. The van der Waals surface area contributed by atoms with Crippen molar-refractivity contribution in [2.75, 3.05) is 13.6 Å². The second-order valence-corrected chi connectivity index (χ2v) is 5.07. The van der Waals surface area contributed by atoms with Crippen LogP contribution in [0, 0.1) is 5.82 Å². The molecule has 2 aromatic rings. The molecule has 1 N–H and O–H groups in total. The minimum absolute atomic E-state index is 0.208. The van der Waals surface area contributed by atoms with Gasteiger partial charge in [0, 0.05) is 7.05 Å². The first kappa shape index (κ1) is 14.7. The van der Waals surface area contributed by atoms with E-state index in [0.717, 1.165) is 36.3 Å². The summed E-state index contributed by atoms with van der Waals surface area (Å²) >= 11 is 0. The van der Waals surface area contributed by atoms with Crippen LogP contribution in [0.4, 0.5) is 4.39 Å². The molecule has 0 radical (unpaired) electrons. The SMILES string of the molecule is CNCCCCCc1cc(-c2ccc(F)cc2)n(C)n1. The normalized spacial score (nSPS) is 10.9. The van der Waals surface area contributed by atoms with E-state index in [0.29, 0.717) is 0 Å². The molecule has 108 valence electrons. The zero-order chi connectivity index (χ0) is 14.4. The summed E-state index contributed by atoms with van der Waals surface area (Å²) < 4.78 is 14.8. The van der Waals surface area contributed by atoms with Gasteiger partial charge in [0.2, 0.25) is 0 Å². The van der Waals surface area contributed by atoms with Gasteiger partial charge in [0.25, 0.3) is 0 Å². The van der Waals surface area contributed by atoms with E-state index in [1.807, 2.05) is 18.8 Å². The molecule has 0 saturated heterocycles. The Bertz CT molecular complexity index is 531. The zero-order valence-electron chi connectivity index (χ0n) is 12.2. The van der Waals surface area contributed by atoms with Crippen LogP contribution in [-0.2, 0) is 13.5 Å². The molecule has 0 fully saturated rings. The number of nitrogens with zero attached hydrogens (tertiary/aromatic N) is 2. The van der Waals surface area contributed by atoms with Crippen LogP contribution in [0.1, 0.15) is 25.0 Å². The molecule has 20 heavy (non-hydrogen) atoms. The quantitative estimate of drug-likeness (QED) is 0.787. The van der Waals surface area contributed by atoms with Gasteiger partial charge in [-0.25, -0.2) is 4.39 Å². The number of nitrogens with one attached hydrogen (secondary N) is 1. The molecule has 0 amide bonds. The number of aryl methyl sites for hydroxylation is 2. The Morgan fingerprint density at radius 3 is 2.60 bits per heavy atom. The number of halogens is 1. The smallest absolute Gasteiger partial charge is 0.123 e. The van der Waals surface area contributed by atoms with E-state index in [1.54, 1.807) is 12.1 Å². The highest BCUT2D eigenvalue weighted by molar-refractivity contribution is 5.59. The third-order valence-electron chi connectivity index (χ3n) is 3.43. The van der Waals surface area contributed by atoms with E-state index < -0.39 is 0 Å². The lowest BCUT2D eigenvalue weighted by Crippen LogP contribution is -2.07. The Hall–Kier alpha value is -1.68. The predicted octanol–water partition coefficient (Wildman–Crippen LogP) is 3.16. The van der Waals surface area contributed by atoms with Gasteiger partial charge in [-0.2, -0.15) is 5.10 Å². The fourth-order valence-electron chi connectivity index (χ4n) is 2.32. The van der Waals surface area contributed by atoms with Crippen molar-refractivity contribution in [1.82, 2.24) is 15.1 Å². The van der Waals surface area contributed by atoms with Crippen LogP contribution in [0.5, 0.6) is 0 Å². The molecule has 0 aliphatic rings.